The van der Waals surface area contributed by atoms with Gasteiger partial charge in [0.15, 0.2) is 0 Å². The molecule has 2 N–H and O–H groups in total. The highest BCUT2D eigenvalue weighted by Crippen LogP contribution is 2.16. The summed E-state index contributed by atoms with van der Waals surface area (Å²) in [5, 5.41) is 6.29. The van der Waals surface area contributed by atoms with Crippen molar-refractivity contribution in [1.29, 1.82) is 0 Å². The summed E-state index contributed by atoms with van der Waals surface area (Å²) in [6.07, 6.45) is 0. The monoisotopic (exact) mass is 262 g/mol. The molecule has 0 radical (unpaired) electrons. The Balaban J connectivity index is 1.93. The topological polar surface area (TPSA) is 50.4 Å². The normalized spacial score (nSPS) is 22.4. The molecule has 2 unspecified atom stereocenters. The number of carbonyl (C=O) groups is 1. The van der Waals surface area contributed by atoms with E-state index in [1.807, 2.05) is 24.3 Å². The SMILES string of the molecule is COCc1ccccc1CNC(=O)C1CNCC1C. The van der Waals surface area contributed by atoms with E-state index in [4.69, 9.17) is 4.74 Å². The van der Waals surface area contributed by atoms with Gasteiger partial charge in [-0.1, -0.05) is 31.2 Å². The van der Waals surface area contributed by atoms with Crippen LogP contribution >= 0.6 is 0 Å². The molecule has 1 aromatic rings. The Hall–Kier alpha value is -1.39. The lowest BCUT2D eigenvalue weighted by Crippen LogP contribution is -2.34. The summed E-state index contributed by atoms with van der Waals surface area (Å²) in [4.78, 5) is 12.1. The molecule has 2 rings (SSSR count). The van der Waals surface area contributed by atoms with Crippen LogP contribution in [0.25, 0.3) is 0 Å². The van der Waals surface area contributed by atoms with Crippen molar-refractivity contribution in [1.82, 2.24) is 10.6 Å². The number of rotatable bonds is 5. The Morgan fingerprint density at radius 3 is 2.74 bits per heavy atom. The van der Waals surface area contributed by atoms with Gasteiger partial charge in [0, 0.05) is 20.2 Å². The summed E-state index contributed by atoms with van der Waals surface area (Å²) in [5.74, 6) is 0.647. The average Bonchev–Trinajstić information content (AvgIpc) is 2.84. The summed E-state index contributed by atoms with van der Waals surface area (Å²) >= 11 is 0. The molecular weight excluding hydrogens is 240 g/mol. The molecule has 1 fully saturated rings. The lowest BCUT2D eigenvalue weighted by atomic mass is 9.97. The second kappa shape index (κ2) is 6.68. The van der Waals surface area contributed by atoms with Crippen LogP contribution in [0.1, 0.15) is 18.1 Å². The van der Waals surface area contributed by atoms with Gasteiger partial charge in [-0.3, -0.25) is 4.79 Å². The van der Waals surface area contributed by atoms with Crippen molar-refractivity contribution in [3.8, 4) is 0 Å². The number of methoxy groups -OCH3 is 1. The van der Waals surface area contributed by atoms with Gasteiger partial charge in [-0.05, 0) is 23.6 Å². The number of nitrogens with one attached hydrogen (secondary N) is 2. The molecule has 0 aliphatic carbocycles. The van der Waals surface area contributed by atoms with E-state index in [0.717, 1.165) is 24.2 Å². The van der Waals surface area contributed by atoms with Crippen molar-refractivity contribution in [3.63, 3.8) is 0 Å². The first-order valence-electron chi connectivity index (χ1n) is 6.76. The maximum absolute atomic E-state index is 12.1. The van der Waals surface area contributed by atoms with Crippen LogP contribution in [0, 0.1) is 11.8 Å². The first-order chi connectivity index (χ1) is 9.22. The molecule has 0 spiro atoms. The van der Waals surface area contributed by atoms with Gasteiger partial charge in [-0.25, -0.2) is 0 Å². The van der Waals surface area contributed by atoms with Crippen molar-refractivity contribution >= 4 is 5.91 Å². The molecule has 2 atom stereocenters. The van der Waals surface area contributed by atoms with E-state index in [1.54, 1.807) is 7.11 Å². The van der Waals surface area contributed by atoms with E-state index >= 15 is 0 Å². The molecule has 19 heavy (non-hydrogen) atoms. The van der Waals surface area contributed by atoms with Crippen molar-refractivity contribution in [3.05, 3.63) is 35.4 Å². The minimum atomic E-state index is 0.0922. The fourth-order valence-corrected chi connectivity index (χ4v) is 2.50. The summed E-state index contributed by atoms with van der Waals surface area (Å²) < 4.78 is 5.17. The highest BCUT2D eigenvalue weighted by molar-refractivity contribution is 5.79. The van der Waals surface area contributed by atoms with Crippen LogP contribution in [-0.2, 0) is 22.7 Å². The van der Waals surface area contributed by atoms with Crippen molar-refractivity contribution < 1.29 is 9.53 Å². The Bertz CT molecular complexity index is 434. The molecule has 104 valence electrons. The fourth-order valence-electron chi connectivity index (χ4n) is 2.50. The van der Waals surface area contributed by atoms with Crippen LogP contribution in [-0.4, -0.2) is 26.1 Å². The largest absolute Gasteiger partial charge is 0.380 e. The van der Waals surface area contributed by atoms with Gasteiger partial charge < -0.3 is 15.4 Å². The maximum Gasteiger partial charge on any atom is 0.224 e. The zero-order valence-electron chi connectivity index (χ0n) is 11.6. The van der Waals surface area contributed by atoms with E-state index in [0.29, 0.717) is 19.1 Å². The highest BCUT2D eigenvalue weighted by Gasteiger charge is 2.29. The van der Waals surface area contributed by atoms with Crippen LogP contribution < -0.4 is 10.6 Å². The molecule has 0 aromatic heterocycles. The van der Waals surface area contributed by atoms with Crippen LogP contribution in [0.4, 0.5) is 0 Å². The van der Waals surface area contributed by atoms with E-state index in [-0.39, 0.29) is 11.8 Å². The first-order valence-corrected chi connectivity index (χ1v) is 6.76. The van der Waals surface area contributed by atoms with Crippen LogP contribution in [0.2, 0.25) is 0 Å². The summed E-state index contributed by atoms with van der Waals surface area (Å²) in [7, 11) is 1.68. The van der Waals surface area contributed by atoms with Crippen molar-refractivity contribution in [2.75, 3.05) is 20.2 Å². The van der Waals surface area contributed by atoms with E-state index in [9.17, 15) is 4.79 Å². The number of ether oxygens (including phenoxy) is 1. The van der Waals surface area contributed by atoms with Crippen molar-refractivity contribution in [2.24, 2.45) is 11.8 Å². The maximum atomic E-state index is 12.1. The van der Waals surface area contributed by atoms with Crippen LogP contribution in [0.5, 0.6) is 0 Å². The Labute approximate surface area is 114 Å². The van der Waals surface area contributed by atoms with Crippen LogP contribution in [0.15, 0.2) is 24.3 Å². The predicted molar refractivity (Wildman–Crippen MR) is 74.5 cm³/mol. The minimum absolute atomic E-state index is 0.0922. The van der Waals surface area contributed by atoms with Gasteiger partial charge in [0.25, 0.3) is 0 Å². The lowest BCUT2D eigenvalue weighted by molar-refractivity contribution is -0.125. The Morgan fingerprint density at radius 2 is 2.11 bits per heavy atom. The number of amides is 1. The summed E-state index contributed by atoms with van der Waals surface area (Å²) in [5.41, 5.74) is 2.25. The zero-order chi connectivity index (χ0) is 13.7. The third-order valence-corrected chi connectivity index (χ3v) is 3.73. The molecule has 1 aliphatic rings. The standard InChI is InChI=1S/C15H22N2O2/c1-11-7-16-9-14(11)15(18)17-8-12-5-3-4-6-13(12)10-19-2/h3-6,11,14,16H,7-10H2,1-2H3,(H,17,18). The van der Waals surface area contributed by atoms with Gasteiger partial charge >= 0.3 is 0 Å². The van der Waals surface area contributed by atoms with E-state index < -0.39 is 0 Å². The smallest absolute Gasteiger partial charge is 0.224 e. The first kappa shape index (κ1) is 14.0. The van der Waals surface area contributed by atoms with Gasteiger partial charge in [0.05, 0.1) is 12.5 Å². The fraction of sp³-hybridized carbons (Fsp3) is 0.533. The van der Waals surface area contributed by atoms with E-state index in [1.165, 1.54) is 0 Å². The molecule has 0 saturated carbocycles. The van der Waals surface area contributed by atoms with Gasteiger partial charge in [0.2, 0.25) is 5.91 Å². The third kappa shape index (κ3) is 3.55. The molecule has 1 aromatic carbocycles. The molecule has 4 nitrogen and oxygen atoms in total. The van der Waals surface area contributed by atoms with Gasteiger partial charge in [0.1, 0.15) is 0 Å². The number of hydrogen-bond donors (Lipinski definition) is 2. The molecule has 0 bridgehead atoms. The molecule has 4 heteroatoms. The Kier molecular flexibility index (Phi) is 4.93. The Morgan fingerprint density at radius 1 is 1.37 bits per heavy atom. The van der Waals surface area contributed by atoms with Crippen LogP contribution in [0.3, 0.4) is 0 Å². The minimum Gasteiger partial charge on any atom is -0.380 e. The zero-order valence-corrected chi connectivity index (χ0v) is 11.6. The number of hydrogen-bond acceptors (Lipinski definition) is 3. The predicted octanol–water partition coefficient (Wildman–Crippen LogP) is 1.30. The molecular formula is C15H22N2O2. The third-order valence-electron chi connectivity index (χ3n) is 3.73. The molecule has 1 heterocycles. The molecule has 1 aliphatic heterocycles. The average molecular weight is 262 g/mol. The summed E-state index contributed by atoms with van der Waals surface area (Å²) in [6.45, 7) is 4.98. The van der Waals surface area contributed by atoms with E-state index in [2.05, 4.69) is 17.6 Å². The van der Waals surface area contributed by atoms with Crippen molar-refractivity contribution in [2.45, 2.75) is 20.1 Å². The molecule has 1 saturated heterocycles. The second-order valence-electron chi connectivity index (χ2n) is 5.16. The summed E-state index contributed by atoms with van der Waals surface area (Å²) in [6, 6.07) is 8.04. The highest BCUT2D eigenvalue weighted by atomic mass is 16.5. The number of carbonyl (C=O) groups excluding carboxylic acids is 1. The van der Waals surface area contributed by atoms with Gasteiger partial charge in [-0.2, -0.15) is 0 Å². The lowest BCUT2D eigenvalue weighted by Gasteiger charge is -2.15. The van der Waals surface area contributed by atoms with Gasteiger partial charge in [-0.15, -0.1) is 0 Å². The molecule has 1 amide bonds. The quantitative estimate of drug-likeness (QED) is 0.841. The number of benzene rings is 1. The second-order valence-corrected chi connectivity index (χ2v) is 5.16.